The molecule has 0 aliphatic rings. The molecule has 1 N–H and O–H groups in total. The predicted octanol–water partition coefficient (Wildman–Crippen LogP) is 3.81. The largest absolute Gasteiger partial charge is 0.296 e. The van der Waals surface area contributed by atoms with Gasteiger partial charge in [0.1, 0.15) is 5.69 Å². The number of thiazole rings is 1. The van der Waals surface area contributed by atoms with E-state index in [-0.39, 0.29) is 11.3 Å². The molecule has 0 radical (unpaired) electrons. The van der Waals surface area contributed by atoms with E-state index >= 15 is 0 Å². The van der Waals surface area contributed by atoms with Crippen LogP contribution in [0, 0.1) is 0 Å². The number of benzene rings is 2. The molecule has 2 aromatic heterocycles. The first kappa shape index (κ1) is 17.4. The van der Waals surface area contributed by atoms with Gasteiger partial charge in [-0.15, -0.1) is 0 Å². The van der Waals surface area contributed by atoms with Crippen molar-refractivity contribution in [3.8, 4) is 0 Å². The van der Waals surface area contributed by atoms with Gasteiger partial charge in [-0.3, -0.25) is 14.9 Å². The molecule has 0 bridgehead atoms. The molecule has 8 heteroatoms. The minimum absolute atomic E-state index is 0.141. The van der Waals surface area contributed by atoms with E-state index in [1.54, 1.807) is 18.2 Å². The van der Waals surface area contributed by atoms with E-state index in [1.165, 1.54) is 28.2 Å². The number of nitrogens with zero attached hydrogens (tertiary/aromatic N) is 3. The van der Waals surface area contributed by atoms with Gasteiger partial charge in [0.05, 0.1) is 16.8 Å². The van der Waals surface area contributed by atoms with Crippen LogP contribution in [-0.2, 0) is 6.54 Å². The third kappa shape index (κ3) is 3.89. The third-order valence-corrected chi connectivity index (χ3v) is 5.01. The number of rotatable bonds is 4. The minimum Gasteiger partial charge on any atom is -0.296 e. The average molecular weight is 397 g/mol. The van der Waals surface area contributed by atoms with Gasteiger partial charge in [0.15, 0.2) is 5.13 Å². The van der Waals surface area contributed by atoms with Crippen molar-refractivity contribution in [1.82, 2.24) is 14.8 Å². The van der Waals surface area contributed by atoms with Gasteiger partial charge in [-0.2, -0.15) is 5.10 Å². The van der Waals surface area contributed by atoms with Gasteiger partial charge in [-0.1, -0.05) is 53.3 Å². The molecule has 6 nitrogen and oxygen atoms in total. The lowest BCUT2D eigenvalue weighted by Crippen LogP contribution is -2.26. The third-order valence-electron chi connectivity index (χ3n) is 3.85. The first-order valence-corrected chi connectivity index (χ1v) is 9.27. The highest BCUT2D eigenvalue weighted by Crippen LogP contribution is 2.28. The minimum atomic E-state index is -0.429. The van der Waals surface area contributed by atoms with Crippen molar-refractivity contribution in [3.05, 3.63) is 87.3 Å². The van der Waals surface area contributed by atoms with Crippen molar-refractivity contribution in [2.45, 2.75) is 6.54 Å². The van der Waals surface area contributed by atoms with Crippen molar-refractivity contribution in [2.24, 2.45) is 0 Å². The van der Waals surface area contributed by atoms with Crippen LogP contribution in [-0.4, -0.2) is 20.7 Å². The van der Waals surface area contributed by atoms with Gasteiger partial charge in [0, 0.05) is 11.1 Å². The predicted molar refractivity (Wildman–Crippen MR) is 107 cm³/mol. The number of carbonyl (C=O) groups is 1. The number of anilines is 1. The zero-order valence-electron chi connectivity index (χ0n) is 13.9. The first-order valence-electron chi connectivity index (χ1n) is 8.08. The Morgan fingerprint density at radius 2 is 1.93 bits per heavy atom. The van der Waals surface area contributed by atoms with Crippen LogP contribution in [0.1, 0.15) is 16.1 Å². The number of hydrogen-bond donors (Lipinski definition) is 1. The molecular weight excluding hydrogens is 384 g/mol. The molecule has 1 amide bonds. The van der Waals surface area contributed by atoms with Crippen LogP contribution >= 0.6 is 22.9 Å². The molecule has 4 aromatic rings. The van der Waals surface area contributed by atoms with Crippen molar-refractivity contribution >= 4 is 44.2 Å². The van der Waals surface area contributed by atoms with Crippen LogP contribution in [0.2, 0.25) is 5.02 Å². The fraction of sp³-hybridized carbons (Fsp3) is 0.0526. The summed E-state index contributed by atoms with van der Waals surface area (Å²) in [6, 6.07) is 17.5. The van der Waals surface area contributed by atoms with Crippen LogP contribution in [0.4, 0.5) is 5.13 Å². The van der Waals surface area contributed by atoms with E-state index in [0.717, 1.165) is 15.8 Å². The molecule has 0 aliphatic carbocycles. The van der Waals surface area contributed by atoms with Crippen LogP contribution in [0.3, 0.4) is 0 Å². The van der Waals surface area contributed by atoms with E-state index in [4.69, 9.17) is 11.6 Å². The number of amides is 1. The standard InChI is InChI=1S/C19H13ClN4O2S/c20-13-6-7-14-16(10-13)27-19(21-14)22-18(26)15-8-9-17(25)24(23-15)11-12-4-2-1-3-5-12/h1-10H,11H2,(H,21,22,26). The van der Waals surface area contributed by atoms with Gasteiger partial charge in [-0.25, -0.2) is 9.67 Å². The number of carbonyl (C=O) groups excluding carboxylic acids is 1. The Bertz CT molecular complexity index is 1190. The maximum Gasteiger partial charge on any atom is 0.277 e. The first-order chi connectivity index (χ1) is 13.1. The summed E-state index contributed by atoms with van der Waals surface area (Å²) in [4.78, 5) is 28.9. The summed E-state index contributed by atoms with van der Waals surface area (Å²) < 4.78 is 2.14. The fourth-order valence-electron chi connectivity index (χ4n) is 2.55. The summed E-state index contributed by atoms with van der Waals surface area (Å²) in [5.41, 5.74) is 1.54. The molecule has 0 aliphatic heterocycles. The fourth-order valence-corrected chi connectivity index (χ4v) is 3.69. The Kier molecular flexibility index (Phi) is 4.70. The van der Waals surface area contributed by atoms with E-state index in [2.05, 4.69) is 15.4 Å². The lowest BCUT2D eigenvalue weighted by Gasteiger charge is -2.07. The maximum absolute atomic E-state index is 12.5. The van der Waals surface area contributed by atoms with Crippen LogP contribution in [0.15, 0.2) is 65.5 Å². The van der Waals surface area contributed by atoms with E-state index in [1.807, 2.05) is 30.3 Å². The van der Waals surface area contributed by atoms with E-state index in [9.17, 15) is 9.59 Å². The molecule has 0 unspecified atom stereocenters. The Morgan fingerprint density at radius 3 is 2.74 bits per heavy atom. The molecule has 4 rings (SSSR count). The Hall–Kier alpha value is -3.03. The maximum atomic E-state index is 12.5. The number of halogens is 1. The lowest BCUT2D eigenvalue weighted by molar-refractivity contribution is 0.102. The monoisotopic (exact) mass is 396 g/mol. The highest BCUT2D eigenvalue weighted by atomic mass is 35.5. The molecule has 134 valence electrons. The Balaban J connectivity index is 1.57. The Labute approximate surface area is 163 Å². The normalized spacial score (nSPS) is 10.9. The van der Waals surface area contributed by atoms with Gasteiger partial charge in [0.2, 0.25) is 0 Å². The highest BCUT2D eigenvalue weighted by molar-refractivity contribution is 7.22. The quantitative estimate of drug-likeness (QED) is 0.569. The molecule has 0 saturated heterocycles. The molecule has 0 spiro atoms. The van der Waals surface area contributed by atoms with Crippen LogP contribution < -0.4 is 10.9 Å². The molecule has 2 heterocycles. The molecule has 0 saturated carbocycles. The Morgan fingerprint density at radius 1 is 1.11 bits per heavy atom. The van der Waals surface area contributed by atoms with Crippen LogP contribution in [0.5, 0.6) is 0 Å². The number of nitrogens with one attached hydrogen (secondary N) is 1. The second-order valence-corrected chi connectivity index (χ2v) is 7.25. The molecule has 2 aromatic carbocycles. The van der Waals surface area contributed by atoms with Crippen molar-refractivity contribution in [1.29, 1.82) is 0 Å². The summed E-state index contributed by atoms with van der Waals surface area (Å²) in [5, 5.41) is 7.96. The topological polar surface area (TPSA) is 76.9 Å². The summed E-state index contributed by atoms with van der Waals surface area (Å²) in [7, 11) is 0. The van der Waals surface area contributed by atoms with Gasteiger partial charge in [0.25, 0.3) is 11.5 Å². The second kappa shape index (κ2) is 7.30. The van der Waals surface area contributed by atoms with Crippen molar-refractivity contribution in [3.63, 3.8) is 0 Å². The molecular formula is C19H13ClN4O2S. The zero-order valence-corrected chi connectivity index (χ0v) is 15.5. The summed E-state index contributed by atoms with van der Waals surface area (Å²) >= 11 is 7.30. The number of hydrogen-bond acceptors (Lipinski definition) is 5. The lowest BCUT2D eigenvalue weighted by atomic mass is 10.2. The van der Waals surface area contributed by atoms with Gasteiger partial charge >= 0.3 is 0 Å². The zero-order chi connectivity index (χ0) is 18.8. The average Bonchev–Trinajstić information content (AvgIpc) is 3.05. The highest BCUT2D eigenvalue weighted by Gasteiger charge is 2.13. The second-order valence-electron chi connectivity index (χ2n) is 5.79. The summed E-state index contributed by atoms with van der Waals surface area (Å²) in [6.07, 6.45) is 0. The number of aromatic nitrogens is 3. The van der Waals surface area contributed by atoms with E-state index < -0.39 is 5.91 Å². The van der Waals surface area contributed by atoms with Crippen molar-refractivity contribution in [2.75, 3.05) is 5.32 Å². The smallest absolute Gasteiger partial charge is 0.277 e. The van der Waals surface area contributed by atoms with Gasteiger partial charge in [-0.05, 0) is 29.8 Å². The molecule has 27 heavy (non-hydrogen) atoms. The number of fused-ring (bicyclic) bond motifs is 1. The van der Waals surface area contributed by atoms with Gasteiger partial charge < -0.3 is 0 Å². The summed E-state index contributed by atoms with van der Waals surface area (Å²) in [6.45, 7) is 0.292. The molecule has 0 atom stereocenters. The van der Waals surface area contributed by atoms with Crippen molar-refractivity contribution < 1.29 is 4.79 Å². The summed E-state index contributed by atoms with van der Waals surface area (Å²) in [5.74, 6) is -0.429. The van der Waals surface area contributed by atoms with Crippen LogP contribution in [0.25, 0.3) is 10.2 Å². The molecule has 0 fully saturated rings. The van der Waals surface area contributed by atoms with E-state index in [0.29, 0.717) is 16.7 Å². The SMILES string of the molecule is O=C(Nc1nc2ccc(Cl)cc2s1)c1ccc(=O)n(Cc2ccccc2)n1.